The molecular weight excluding hydrogens is 393 g/mol. The first-order valence-corrected chi connectivity index (χ1v) is 11.7. The molecule has 0 saturated heterocycles. The smallest absolute Gasteiger partial charge is 0.265 e. The number of hydrogen-bond acceptors (Lipinski definition) is 7. The first-order valence-electron chi connectivity index (χ1n) is 8.67. The Balaban J connectivity index is 2.02. The maximum atomic E-state index is 12.4. The maximum absolute atomic E-state index is 12.4. The predicted octanol–water partition coefficient (Wildman–Crippen LogP) is 2.75. The fourth-order valence-corrected chi connectivity index (χ4v) is 5.27. The van der Waals surface area contributed by atoms with Gasteiger partial charge in [0.25, 0.3) is 21.9 Å². The van der Waals surface area contributed by atoms with E-state index in [9.17, 15) is 18.0 Å². The van der Waals surface area contributed by atoms with Gasteiger partial charge >= 0.3 is 0 Å². The van der Waals surface area contributed by atoms with Crippen molar-refractivity contribution in [1.82, 2.24) is 4.90 Å². The zero-order valence-corrected chi connectivity index (χ0v) is 17.3. The van der Waals surface area contributed by atoms with Crippen LogP contribution in [0.15, 0.2) is 24.3 Å². The molecule has 1 aliphatic heterocycles. The number of imide groups is 1. The molecule has 1 aromatic carbocycles. The van der Waals surface area contributed by atoms with E-state index < -0.39 is 24.3 Å². The summed E-state index contributed by atoms with van der Waals surface area (Å²) in [4.78, 5) is 25.9. The summed E-state index contributed by atoms with van der Waals surface area (Å²) in [5.41, 5.74) is 0.773. The fourth-order valence-electron chi connectivity index (χ4n) is 2.71. The van der Waals surface area contributed by atoms with E-state index in [1.165, 1.54) is 4.90 Å². The van der Waals surface area contributed by atoms with Crippen molar-refractivity contribution in [2.75, 3.05) is 26.0 Å². The molecule has 0 N–H and O–H groups in total. The van der Waals surface area contributed by atoms with Crippen molar-refractivity contribution in [3.63, 3.8) is 0 Å². The van der Waals surface area contributed by atoms with Crippen molar-refractivity contribution in [3.8, 4) is 0 Å². The van der Waals surface area contributed by atoms with Crippen LogP contribution in [0.5, 0.6) is 0 Å². The number of benzene rings is 1. The van der Waals surface area contributed by atoms with Gasteiger partial charge in [-0.2, -0.15) is 8.42 Å². The van der Waals surface area contributed by atoms with Crippen LogP contribution in [0.25, 0.3) is 0 Å². The van der Waals surface area contributed by atoms with Crippen LogP contribution in [-0.4, -0.2) is 57.0 Å². The van der Waals surface area contributed by atoms with E-state index in [-0.39, 0.29) is 24.8 Å². The standard InChI is InChI=1S/C17H24NO7PS/c1-4-23-26(24-5-2)15(25-27(3,21)22)11-8-12-18-16(19)13-9-6-7-10-14(13)17(18)20/h6-7,9-10,15H,4-5,8,11-12H2,1-3H3. The number of hydrogen-bond donors (Lipinski definition) is 0. The summed E-state index contributed by atoms with van der Waals surface area (Å²) in [6.45, 7) is 4.44. The molecule has 1 atom stereocenters. The quantitative estimate of drug-likeness (QED) is 0.310. The van der Waals surface area contributed by atoms with E-state index in [4.69, 9.17) is 13.2 Å². The molecule has 8 nitrogen and oxygen atoms in total. The first-order chi connectivity index (χ1) is 12.8. The van der Waals surface area contributed by atoms with Crippen molar-refractivity contribution in [2.24, 2.45) is 0 Å². The Bertz CT molecular complexity index is 742. The van der Waals surface area contributed by atoms with Crippen LogP contribution >= 0.6 is 8.38 Å². The van der Waals surface area contributed by atoms with E-state index in [0.29, 0.717) is 30.8 Å². The molecule has 2 amide bonds. The van der Waals surface area contributed by atoms with Gasteiger partial charge in [-0.15, -0.1) is 0 Å². The second-order valence-corrected chi connectivity index (χ2v) is 9.09. The van der Waals surface area contributed by atoms with E-state index in [1.807, 2.05) is 0 Å². The average Bonchev–Trinajstić information content (AvgIpc) is 2.85. The molecule has 1 heterocycles. The zero-order chi connectivity index (χ0) is 20.0. The third-order valence-electron chi connectivity index (χ3n) is 3.74. The number of fused-ring (bicyclic) bond motifs is 1. The Morgan fingerprint density at radius 2 is 1.56 bits per heavy atom. The van der Waals surface area contributed by atoms with Gasteiger partial charge < -0.3 is 9.05 Å². The monoisotopic (exact) mass is 417 g/mol. The lowest BCUT2D eigenvalue weighted by Crippen LogP contribution is -2.31. The lowest BCUT2D eigenvalue weighted by molar-refractivity contribution is 0.0647. The minimum Gasteiger partial charge on any atom is -0.333 e. The minimum absolute atomic E-state index is 0.164. The SMILES string of the molecule is CCOP(OCC)C(CCCN1C(=O)c2ccccc2C1=O)OS(C)(=O)=O. The second-order valence-electron chi connectivity index (χ2n) is 5.83. The Hall–Kier alpha value is -1.38. The summed E-state index contributed by atoms with van der Waals surface area (Å²) >= 11 is 0. The van der Waals surface area contributed by atoms with Crippen LogP contribution in [0, 0.1) is 0 Å². The molecule has 0 bridgehead atoms. The van der Waals surface area contributed by atoms with Gasteiger partial charge in [-0.1, -0.05) is 12.1 Å². The largest absolute Gasteiger partial charge is 0.333 e. The van der Waals surface area contributed by atoms with Crippen molar-refractivity contribution in [3.05, 3.63) is 35.4 Å². The van der Waals surface area contributed by atoms with Crippen LogP contribution in [0.3, 0.4) is 0 Å². The number of carbonyl (C=O) groups is 2. The molecule has 27 heavy (non-hydrogen) atoms. The van der Waals surface area contributed by atoms with Crippen molar-refractivity contribution >= 4 is 30.3 Å². The van der Waals surface area contributed by atoms with Gasteiger partial charge in [-0.05, 0) is 38.8 Å². The number of rotatable bonds is 11. The topological polar surface area (TPSA) is 99.2 Å². The van der Waals surface area contributed by atoms with Crippen molar-refractivity contribution in [1.29, 1.82) is 0 Å². The van der Waals surface area contributed by atoms with Crippen LogP contribution in [0.4, 0.5) is 0 Å². The summed E-state index contributed by atoms with van der Waals surface area (Å²) in [6, 6.07) is 6.66. The number of nitrogens with zero attached hydrogens (tertiary/aromatic N) is 1. The average molecular weight is 417 g/mol. The molecule has 1 aliphatic rings. The van der Waals surface area contributed by atoms with Crippen LogP contribution in [-0.2, 0) is 23.3 Å². The summed E-state index contributed by atoms with van der Waals surface area (Å²) in [6.07, 6.45) is 1.60. The molecule has 1 unspecified atom stereocenters. The summed E-state index contributed by atoms with van der Waals surface area (Å²) in [5.74, 6) is -1.48. The fraction of sp³-hybridized carbons (Fsp3) is 0.529. The highest BCUT2D eigenvalue weighted by atomic mass is 32.2. The third-order valence-corrected chi connectivity index (χ3v) is 6.33. The maximum Gasteiger partial charge on any atom is 0.265 e. The van der Waals surface area contributed by atoms with Gasteiger partial charge in [-0.3, -0.25) is 18.7 Å². The molecule has 0 saturated carbocycles. The van der Waals surface area contributed by atoms with Gasteiger partial charge in [-0.25, -0.2) is 0 Å². The van der Waals surface area contributed by atoms with E-state index >= 15 is 0 Å². The lowest BCUT2D eigenvalue weighted by Gasteiger charge is -2.25. The number of amides is 2. The van der Waals surface area contributed by atoms with Crippen molar-refractivity contribution < 1.29 is 31.2 Å². The van der Waals surface area contributed by atoms with Gasteiger partial charge in [0.1, 0.15) is 5.85 Å². The van der Waals surface area contributed by atoms with E-state index in [0.717, 1.165) is 6.26 Å². The lowest BCUT2D eigenvalue weighted by atomic mass is 10.1. The first kappa shape index (κ1) is 21.9. The Morgan fingerprint density at radius 1 is 1.04 bits per heavy atom. The number of carbonyl (C=O) groups excluding carboxylic acids is 2. The highest BCUT2D eigenvalue weighted by molar-refractivity contribution is 7.86. The molecule has 2 rings (SSSR count). The summed E-state index contributed by atoms with van der Waals surface area (Å²) in [7, 11) is -5.28. The highest BCUT2D eigenvalue weighted by Crippen LogP contribution is 2.46. The molecule has 0 radical (unpaired) electrons. The van der Waals surface area contributed by atoms with Gasteiger partial charge in [0.2, 0.25) is 8.38 Å². The molecule has 0 fully saturated rings. The molecule has 1 aromatic rings. The normalized spacial score (nSPS) is 15.5. The molecule has 150 valence electrons. The Morgan fingerprint density at radius 3 is 2.00 bits per heavy atom. The van der Waals surface area contributed by atoms with E-state index in [1.54, 1.807) is 38.1 Å². The van der Waals surface area contributed by atoms with Gasteiger partial charge in [0.05, 0.1) is 30.6 Å². The predicted molar refractivity (Wildman–Crippen MR) is 101 cm³/mol. The van der Waals surface area contributed by atoms with E-state index in [2.05, 4.69) is 0 Å². The Labute approximate surface area is 160 Å². The van der Waals surface area contributed by atoms with Crippen LogP contribution in [0.2, 0.25) is 0 Å². The molecule has 0 spiro atoms. The molecule has 10 heteroatoms. The third kappa shape index (κ3) is 5.80. The summed E-state index contributed by atoms with van der Waals surface area (Å²) in [5, 5.41) is 0. The van der Waals surface area contributed by atoms with Gasteiger partial charge in [0, 0.05) is 6.54 Å². The zero-order valence-electron chi connectivity index (χ0n) is 15.6. The molecule has 0 aliphatic carbocycles. The van der Waals surface area contributed by atoms with Gasteiger partial charge in [0.15, 0.2) is 0 Å². The second kappa shape index (κ2) is 9.71. The van der Waals surface area contributed by atoms with Crippen molar-refractivity contribution in [2.45, 2.75) is 32.5 Å². The minimum atomic E-state index is -3.71. The van der Waals surface area contributed by atoms with Crippen LogP contribution < -0.4 is 0 Å². The summed E-state index contributed by atoms with van der Waals surface area (Å²) < 4.78 is 39.3. The Kier molecular flexibility index (Phi) is 7.88. The molecule has 0 aromatic heterocycles. The highest BCUT2D eigenvalue weighted by Gasteiger charge is 2.35. The molecular formula is C17H24NO7PS. The van der Waals surface area contributed by atoms with Crippen LogP contribution in [0.1, 0.15) is 47.4 Å².